The molecule has 0 aromatic heterocycles. The van der Waals surface area contributed by atoms with Crippen LogP contribution >= 0.6 is 0 Å². The van der Waals surface area contributed by atoms with Gasteiger partial charge in [0.15, 0.2) is 0 Å². The van der Waals surface area contributed by atoms with E-state index in [1.165, 1.54) is 11.1 Å². The lowest BCUT2D eigenvalue weighted by atomic mass is 10.1. The van der Waals surface area contributed by atoms with Gasteiger partial charge in [0.1, 0.15) is 5.75 Å². The second kappa shape index (κ2) is 10.1. The Labute approximate surface area is 154 Å². The number of carbonyl (C=O) groups is 1. The monoisotopic (exact) mass is 352 g/mol. The average Bonchev–Trinajstić information content (AvgIpc) is 2.66. The van der Waals surface area contributed by atoms with E-state index in [0.717, 1.165) is 36.0 Å². The molecule has 0 aliphatic carbocycles. The van der Waals surface area contributed by atoms with E-state index in [0.29, 0.717) is 13.2 Å². The van der Waals surface area contributed by atoms with Crippen molar-refractivity contribution in [2.75, 3.05) is 13.2 Å². The maximum Gasteiger partial charge on any atom is 0.330 e. The molecule has 136 valence electrons. The van der Waals surface area contributed by atoms with Gasteiger partial charge >= 0.3 is 5.97 Å². The van der Waals surface area contributed by atoms with Crippen molar-refractivity contribution in [1.29, 1.82) is 0 Å². The summed E-state index contributed by atoms with van der Waals surface area (Å²) in [5, 5.41) is 8.51. The normalized spacial score (nSPS) is 10.7. The van der Waals surface area contributed by atoms with Gasteiger partial charge in [0.2, 0.25) is 0 Å². The summed E-state index contributed by atoms with van der Waals surface area (Å²) in [6.45, 7) is 8.42. The van der Waals surface area contributed by atoms with Crippen LogP contribution in [0.3, 0.4) is 0 Å². The van der Waals surface area contributed by atoms with Crippen molar-refractivity contribution in [3.05, 3.63) is 66.2 Å². The summed E-state index contributed by atoms with van der Waals surface area (Å²) in [6.07, 6.45) is 2.72. The van der Waals surface area contributed by atoms with Gasteiger partial charge in [0.25, 0.3) is 0 Å². The van der Waals surface area contributed by atoms with Gasteiger partial charge in [-0.3, -0.25) is 0 Å². The molecule has 0 N–H and O–H groups in total. The highest BCUT2D eigenvalue weighted by molar-refractivity contribution is 5.81. The molecule has 0 fully saturated rings. The minimum atomic E-state index is -0.392. The summed E-state index contributed by atoms with van der Waals surface area (Å²) in [6, 6.07) is 13.5. The summed E-state index contributed by atoms with van der Waals surface area (Å²) in [5.41, 5.74) is 4.05. The number of azo groups is 1. The number of hydrogen-bond acceptors (Lipinski definition) is 5. The van der Waals surface area contributed by atoms with Gasteiger partial charge in [-0.05, 0) is 74.2 Å². The fraction of sp³-hybridized carbons (Fsp3) is 0.286. The van der Waals surface area contributed by atoms with Crippen molar-refractivity contribution in [3.63, 3.8) is 0 Å². The summed E-state index contributed by atoms with van der Waals surface area (Å²) in [4.78, 5) is 10.9. The van der Waals surface area contributed by atoms with Crippen LogP contribution in [0.5, 0.6) is 5.75 Å². The summed E-state index contributed by atoms with van der Waals surface area (Å²) >= 11 is 0. The van der Waals surface area contributed by atoms with Crippen LogP contribution < -0.4 is 4.74 Å². The highest BCUT2D eigenvalue weighted by Crippen LogP contribution is 2.22. The number of benzene rings is 2. The van der Waals surface area contributed by atoms with Crippen LogP contribution in [0.15, 0.2) is 65.3 Å². The number of aryl methyl sites for hydroxylation is 2. The Morgan fingerprint density at radius 2 is 1.62 bits per heavy atom. The van der Waals surface area contributed by atoms with E-state index in [9.17, 15) is 4.79 Å². The minimum absolute atomic E-state index is 0.381. The van der Waals surface area contributed by atoms with E-state index in [-0.39, 0.29) is 0 Å². The quantitative estimate of drug-likeness (QED) is 0.255. The van der Waals surface area contributed by atoms with Crippen molar-refractivity contribution in [2.24, 2.45) is 10.2 Å². The number of hydrogen-bond donors (Lipinski definition) is 0. The Kier molecular flexibility index (Phi) is 7.55. The van der Waals surface area contributed by atoms with Gasteiger partial charge in [-0.2, -0.15) is 10.2 Å². The Bertz CT molecular complexity index is 767. The van der Waals surface area contributed by atoms with Crippen LogP contribution in [0.25, 0.3) is 0 Å². The van der Waals surface area contributed by atoms with Gasteiger partial charge in [0.05, 0.1) is 24.6 Å². The molecule has 0 saturated carbocycles. The molecule has 0 aliphatic heterocycles. The maximum atomic E-state index is 10.9. The lowest BCUT2D eigenvalue weighted by Gasteiger charge is -2.06. The summed E-state index contributed by atoms with van der Waals surface area (Å²) < 4.78 is 10.6. The first-order chi connectivity index (χ1) is 12.6. The number of unbranched alkanes of at least 4 members (excludes halogenated alkanes) is 1. The van der Waals surface area contributed by atoms with E-state index in [2.05, 4.69) is 30.7 Å². The fourth-order valence-corrected chi connectivity index (χ4v) is 2.14. The van der Waals surface area contributed by atoms with E-state index in [4.69, 9.17) is 9.47 Å². The zero-order valence-corrected chi connectivity index (χ0v) is 15.3. The third-order valence-corrected chi connectivity index (χ3v) is 3.83. The van der Waals surface area contributed by atoms with Crippen molar-refractivity contribution in [2.45, 2.75) is 26.7 Å². The molecule has 2 aromatic carbocycles. The molecular formula is C21H24N2O3. The standard InChI is InChI=1S/C21H24N2O3/c1-4-21(24)26-14-6-5-13-25-20-11-9-18(10-12-20)22-23-19-8-7-16(2)17(3)15-19/h4,7-12,15H,1,5-6,13-14H2,2-3H3. The number of nitrogens with zero attached hydrogens (tertiary/aromatic N) is 2. The molecule has 0 amide bonds. The molecule has 0 bridgehead atoms. The van der Waals surface area contributed by atoms with Crippen LogP contribution in [0.2, 0.25) is 0 Å². The van der Waals surface area contributed by atoms with Crippen molar-refractivity contribution < 1.29 is 14.3 Å². The molecule has 0 heterocycles. The molecule has 0 atom stereocenters. The first-order valence-electron chi connectivity index (χ1n) is 8.59. The van der Waals surface area contributed by atoms with Gasteiger partial charge in [-0.25, -0.2) is 4.79 Å². The minimum Gasteiger partial charge on any atom is -0.494 e. The number of ether oxygens (including phenoxy) is 2. The molecule has 0 spiro atoms. The highest BCUT2D eigenvalue weighted by Gasteiger charge is 1.98. The lowest BCUT2D eigenvalue weighted by Crippen LogP contribution is -2.04. The second-order valence-corrected chi connectivity index (χ2v) is 5.89. The lowest BCUT2D eigenvalue weighted by molar-refractivity contribution is -0.137. The third kappa shape index (κ3) is 6.51. The van der Waals surface area contributed by atoms with Crippen molar-refractivity contribution >= 4 is 17.3 Å². The molecule has 5 heteroatoms. The molecule has 26 heavy (non-hydrogen) atoms. The molecular weight excluding hydrogens is 328 g/mol. The zero-order chi connectivity index (χ0) is 18.8. The number of carbonyl (C=O) groups excluding carboxylic acids is 1. The van der Waals surface area contributed by atoms with E-state index < -0.39 is 5.97 Å². The average molecular weight is 352 g/mol. The maximum absolute atomic E-state index is 10.9. The van der Waals surface area contributed by atoms with Crippen LogP contribution in [0.4, 0.5) is 11.4 Å². The van der Waals surface area contributed by atoms with E-state index >= 15 is 0 Å². The molecule has 0 saturated heterocycles. The van der Waals surface area contributed by atoms with Crippen LogP contribution in [0.1, 0.15) is 24.0 Å². The molecule has 0 unspecified atom stereocenters. The predicted molar refractivity (Wildman–Crippen MR) is 102 cm³/mol. The Balaban J connectivity index is 1.75. The Morgan fingerprint density at radius 3 is 2.31 bits per heavy atom. The highest BCUT2D eigenvalue weighted by atomic mass is 16.5. The van der Waals surface area contributed by atoms with Crippen LogP contribution in [-0.4, -0.2) is 19.2 Å². The fourth-order valence-electron chi connectivity index (χ4n) is 2.14. The third-order valence-electron chi connectivity index (χ3n) is 3.83. The second-order valence-electron chi connectivity index (χ2n) is 5.89. The van der Waals surface area contributed by atoms with E-state index in [1.807, 2.05) is 42.5 Å². The smallest absolute Gasteiger partial charge is 0.330 e. The first kappa shape index (κ1) is 19.4. The van der Waals surface area contributed by atoms with Crippen LogP contribution in [0, 0.1) is 13.8 Å². The molecule has 0 radical (unpaired) electrons. The summed E-state index contributed by atoms with van der Waals surface area (Å²) in [7, 11) is 0. The topological polar surface area (TPSA) is 60.2 Å². The van der Waals surface area contributed by atoms with Gasteiger partial charge in [-0.1, -0.05) is 12.6 Å². The van der Waals surface area contributed by atoms with Gasteiger partial charge in [-0.15, -0.1) is 0 Å². The van der Waals surface area contributed by atoms with Gasteiger partial charge in [0, 0.05) is 6.08 Å². The number of rotatable bonds is 9. The van der Waals surface area contributed by atoms with Crippen molar-refractivity contribution in [1.82, 2.24) is 0 Å². The molecule has 2 rings (SSSR count). The Hall–Kier alpha value is -2.95. The zero-order valence-electron chi connectivity index (χ0n) is 15.3. The summed E-state index contributed by atoms with van der Waals surface area (Å²) in [5.74, 6) is 0.384. The molecule has 0 aliphatic rings. The van der Waals surface area contributed by atoms with Crippen LogP contribution in [-0.2, 0) is 9.53 Å². The SMILES string of the molecule is C=CC(=O)OCCCCOc1ccc(N=Nc2ccc(C)c(C)c2)cc1. The van der Waals surface area contributed by atoms with E-state index in [1.54, 1.807) is 0 Å². The molecule has 2 aromatic rings. The predicted octanol–water partition coefficient (Wildman–Crippen LogP) is 5.61. The largest absolute Gasteiger partial charge is 0.494 e. The number of esters is 1. The van der Waals surface area contributed by atoms with Crippen molar-refractivity contribution in [3.8, 4) is 5.75 Å². The Morgan fingerprint density at radius 1 is 0.962 bits per heavy atom. The van der Waals surface area contributed by atoms with Gasteiger partial charge < -0.3 is 9.47 Å². The molecule has 5 nitrogen and oxygen atoms in total. The first-order valence-corrected chi connectivity index (χ1v) is 8.59.